The first-order chi connectivity index (χ1) is 10.6. The Bertz CT molecular complexity index is 928. The van der Waals surface area contributed by atoms with Crippen molar-refractivity contribution in [1.29, 1.82) is 0 Å². The number of hydrazone groups is 1. The highest BCUT2D eigenvalue weighted by Gasteiger charge is 2.11. The average Bonchev–Trinajstić information content (AvgIpc) is 2.84. The van der Waals surface area contributed by atoms with Gasteiger partial charge in [0, 0.05) is 22.2 Å². The lowest BCUT2D eigenvalue weighted by atomic mass is 10.1. The van der Waals surface area contributed by atoms with Gasteiger partial charge in [-0.15, -0.1) is 0 Å². The van der Waals surface area contributed by atoms with Crippen LogP contribution in [0.5, 0.6) is 0 Å². The summed E-state index contributed by atoms with van der Waals surface area (Å²) in [6.07, 6.45) is 1.52. The lowest BCUT2D eigenvalue weighted by Crippen LogP contribution is -2.18. The summed E-state index contributed by atoms with van der Waals surface area (Å²) in [5, 5.41) is 4.89. The molecular weight excluding hydrogens is 298 g/mol. The third kappa shape index (κ3) is 2.73. The van der Waals surface area contributed by atoms with Crippen LogP contribution in [0.4, 0.5) is 0 Å². The minimum Gasteiger partial charge on any atom is -0.358 e. The number of rotatable bonds is 4. The Kier molecular flexibility index (Phi) is 3.68. The van der Waals surface area contributed by atoms with E-state index in [2.05, 4.69) is 14.9 Å². The molecule has 3 rings (SSSR count). The fraction of sp³-hybridized carbons (Fsp3) is 0.0625. The van der Waals surface area contributed by atoms with Gasteiger partial charge in [-0.1, -0.05) is 36.4 Å². The minimum atomic E-state index is -3.64. The number of sulfonamides is 1. The van der Waals surface area contributed by atoms with Crippen LogP contribution in [-0.2, 0) is 10.0 Å². The van der Waals surface area contributed by atoms with Crippen LogP contribution in [0.1, 0.15) is 11.3 Å². The van der Waals surface area contributed by atoms with Gasteiger partial charge in [-0.25, -0.2) is 4.83 Å². The highest BCUT2D eigenvalue weighted by molar-refractivity contribution is 7.89. The van der Waals surface area contributed by atoms with Crippen molar-refractivity contribution in [3.63, 3.8) is 0 Å². The summed E-state index contributed by atoms with van der Waals surface area (Å²) in [4.78, 5) is 5.65. The molecule has 5 nitrogen and oxygen atoms in total. The zero-order valence-corrected chi connectivity index (χ0v) is 12.8. The summed E-state index contributed by atoms with van der Waals surface area (Å²) < 4.78 is 24.2. The van der Waals surface area contributed by atoms with Gasteiger partial charge in [0.05, 0.1) is 11.1 Å². The number of aryl methyl sites for hydroxylation is 1. The van der Waals surface area contributed by atoms with Gasteiger partial charge in [-0.3, -0.25) is 0 Å². The number of aromatic nitrogens is 1. The van der Waals surface area contributed by atoms with E-state index in [0.717, 1.165) is 22.2 Å². The molecule has 112 valence electrons. The zero-order valence-electron chi connectivity index (χ0n) is 11.9. The largest absolute Gasteiger partial charge is 0.358 e. The van der Waals surface area contributed by atoms with Crippen LogP contribution in [0.15, 0.2) is 64.6 Å². The van der Waals surface area contributed by atoms with Crippen molar-refractivity contribution in [3.8, 4) is 0 Å². The van der Waals surface area contributed by atoms with Gasteiger partial charge >= 0.3 is 0 Å². The fourth-order valence-electron chi connectivity index (χ4n) is 2.28. The Morgan fingerprint density at radius 1 is 1.05 bits per heavy atom. The van der Waals surface area contributed by atoms with E-state index in [1.165, 1.54) is 18.3 Å². The molecule has 0 saturated heterocycles. The molecule has 1 aromatic heterocycles. The van der Waals surface area contributed by atoms with E-state index in [0.29, 0.717) is 0 Å². The lowest BCUT2D eigenvalue weighted by molar-refractivity contribution is 0.584. The Labute approximate surface area is 128 Å². The fourth-order valence-corrected chi connectivity index (χ4v) is 3.09. The number of hydrogen-bond acceptors (Lipinski definition) is 3. The maximum Gasteiger partial charge on any atom is 0.276 e. The molecule has 0 aliphatic heterocycles. The van der Waals surface area contributed by atoms with E-state index >= 15 is 0 Å². The number of fused-ring (bicyclic) bond motifs is 1. The van der Waals surface area contributed by atoms with Crippen molar-refractivity contribution in [3.05, 3.63) is 65.9 Å². The van der Waals surface area contributed by atoms with Gasteiger partial charge in [-0.05, 0) is 25.1 Å². The molecule has 0 amide bonds. The molecule has 0 bridgehead atoms. The van der Waals surface area contributed by atoms with Crippen LogP contribution < -0.4 is 4.83 Å². The molecule has 0 atom stereocenters. The Morgan fingerprint density at radius 2 is 1.73 bits per heavy atom. The summed E-state index contributed by atoms with van der Waals surface area (Å²) in [6.45, 7) is 1.92. The zero-order chi connectivity index (χ0) is 15.6. The maximum absolute atomic E-state index is 12.1. The first kappa shape index (κ1) is 14.3. The van der Waals surface area contributed by atoms with Gasteiger partial charge in [0.1, 0.15) is 0 Å². The monoisotopic (exact) mass is 313 g/mol. The lowest BCUT2D eigenvalue weighted by Gasteiger charge is -2.02. The minimum absolute atomic E-state index is 0.183. The van der Waals surface area contributed by atoms with E-state index in [1.807, 2.05) is 31.2 Å². The number of H-pyrrole nitrogens is 1. The molecule has 1 heterocycles. The van der Waals surface area contributed by atoms with Crippen molar-refractivity contribution in [2.24, 2.45) is 5.10 Å². The van der Waals surface area contributed by atoms with Gasteiger partial charge in [0.15, 0.2) is 0 Å². The maximum atomic E-state index is 12.1. The number of nitrogens with one attached hydrogen (secondary N) is 2. The summed E-state index contributed by atoms with van der Waals surface area (Å²) in [5.74, 6) is 0. The van der Waals surface area contributed by atoms with Crippen LogP contribution in [0.2, 0.25) is 0 Å². The highest BCUT2D eigenvalue weighted by atomic mass is 32.2. The van der Waals surface area contributed by atoms with Gasteiger partial charge in [0.25, 0.3) is 10.0 Å². The first-order valence-electron chi connectivity index (χ1n) is 6.75. The molecule has 0 unspecified atom stereocenters. The second-order valence-corrected chi connectivity index (χ2v) is 6.54. The SMILES string of the molecule is Cc1[nH]c2ccccc2c1/C=N/NS(=O)(=O)c1ccccc1. The molecule has 0 aliphatic rings. The van der Waals surface area contributed by atoms with Crippen molar-refractivity contribution in [2.45, 2.75) is 11.8 Å². The van der Waals surface area contributed by atoms with E-state index < -0.39 is 10.0 Å². The van der Waals surface area contributed by atoms with Crippen LogP contribution in [0.3, 0.4) is 0 Å². The summed E-state index contributed by atoms with van der Waals surface area (Å²) in [7, 11) is -3.64. The predicted molar refractivity (Wildman–Crippen MR) is 87.4 cm³/mol. The molecular formula is C16H15N3O2S. The first-order valence-corrected chi connectivity index (χ1v) is 8.23. The van der Waals surface area contributed by atoms with E-state index in [9.17, 15) is 8.42 Å². The number of para-hydroxylation sites is 1. The Balaban J connectivity index is 1.87. The van der Waals surface area contributed by atoms with Crippen molar-refractivity contribution >= 4 is 27.1 Å². The number of aromatic amines is 1. The van der Waals surface area contributed by atoms with Crippen LogP contribution in [-0.4, -0.2) is 19.6 Å². The summed E-state index contributed by atoms with van der Waals surface area (Å²) in [6, 6.07) is 15.9. The summed E-state index contributed by atoms with van der Waals surface area (Å²) in [5.41, 5.74) is 2.79. The van der Waals surface area contributed by atoms with Crippen LogP contribution >= 0.6 is 0 Å². The molecule has 0 radical (unpaired) electrons. The Morgan fingerprint density at radius 3 is 2.50 bits per heavy atom. The molecule has 22 heavy (non-hydrogen) atoms. The van der Waals surface area contributed by atoms with Crippen LogP contribution in [0, 0.1) is 6.92 Å². The normalized spacial score (nSPS) is 12.0. The molecule has 0 aliphatic carbocycles. The standard InChI is InChI=1S/C16H15N3O2S/c1-12-15(14-9-5-6-10-16(14)18-12)11-17-19-22(20,21)13-7-3-2-4-8-13/h2-11,18-19H,1H3/b17-11+. The summed E-state index contributed by atoms with van der Waals surface area (Å²) >= 11 is 0. The molecule has 2 aromatic carbocycles. The molecule has 2 N–H and O–H groups in total. The van der Waals surface area contributed by atoms with Gasteiger partial charge in [-0.2, -0.15) is 13.5 Å². The van der Waals surface area contributed by atoms with Crippen molar-refractivity contribution < 1.29 is 8.42 Å². The topological polar surface area (TPSA) is 74.3 Å². The number of hydrogen-bond donors (Lipinski definition) is 2. The molecule has 0 fully saturated rings. The number of benzene rings is 2. The quantitative estimate of drug-likeness (QED) is 0.574. The van der Waals surface area contributed by atoms with E-state index in [-0.39, 0.29) is 4.90 Å². The van der Waals surface area contributed by atoms with Gasteiger partial charge < -0.3 is 4.98 Å². The van der Waals surface area contributed by atoms with Crippen molar-refractivity contribution in [1.82, 2.24) is 9.82 Å². The second kappa shape index (κ2) is 5.65. The van der Waals surface area contributed by atoms with Gasteiger partial charge in [0.2, 0.25) is 0 Å². The predicted octanol–water partition coefficient (Wildman–Crippen LogP) is 2.79. The molecule has 0 spiro atoms. The smallest absolute Gasteiger partial charge is 0.276 e. The van der Waals surface area contributed by atoms with E-state index in [1.54, 1.807) is 18.2 Å². The third-order valence-electron chi connectivity index (χ3n) is 3.36. The van der Waals surface area contributed by atoms with Crippen LogP contribution in [0.25, 0.3) is 10.9 Å². The van der Waals surface area contributed by atoms with Crippen molar-refractivity contribution in [2.75, 3.05) is 0 Å². The van der Waals surface area contributed by atoms with E-state index in [4.69, 9.17) is 0 Å². The molecule has 0 saturated carbocycles. The molecule has 6 heteroatoms. The third-order valence-corrected chi connectivity index (χ3v) is 4.60. The second-order valence-electron chi connectivity index (χ2n) is 4.88. The Hall–Kier alpha value is -2.60. The highest BCUT2D eigenvalue weighted by Crippen LogP contribution is 2.19. The number of nitrogens with zero attached hydrogens (tertiary/aromatic N) is 1. The molecule has 3 aromatic rings. The average molecular weight is 313 g/mol.